The second-order valence-electron chi connectivity index (χ2n) is 5.03. The van der Waals surface area contributed by atoms with Crippen LogP contribution in [0.1, 0.15) is 23.9 Å². The van der Waals surface area contributed by atoms with Crippen LogP contribution < -0.4 is 5.32 Å². The summed E-state index contributed by atoms with van der Waals surface area (Å²) in [5, 5.41) is 3.64. The molecule has 0 saturated carbocycles. The molecule has 0 spiro atoms. The summed E-state index contributed by atoms with van der Waals surface area (Å²) in [6.45, 7) is 7.71. The second-order valence-corrected chi connectivity index (χ2v) is 6.75. The fourth-order valence-corrected chi connectivity index (χ4v) is 2.85. The number of carbonyl (C=O) groups is 1. The summed E-state index contributed by atoms with van der Waals surface area (Å²) in [7, 11) is 0. The van der Waals surface area contributed by atoms with E-state index in [-0.39, 0.29) is 11.2 Å². The SMILES string of the molecule is Cc1nc(S[C@H](C)C(=O)Nc2ccccc2Cl)nc(C)c1C. The first kappa shape index (κ1) is 16.8. The average molecular weight is 336 g/mol. The molecule has 22 heavy (non-hydrogen) atoms. The van der Waals surface area contributed by atoms with Crippen LogP contribution in [0, 0.1) is 20.8 Å². The molecule has 116 valence electrons. The Hall–Kier alpha value is -1.59. The van der Waals surface area contributed by atoms with Crippen molar-refractivity contribution in [1.29, 1.82) is 0 Å². The summed E-state index contributed by atoms with van der Waals surface area (Å²) in [5.74, 6) is -0.127. The van der Waals surface area contributed by atoms with Crippen molar-refractivity contribution in [3.8, 4) is 0 Å². The van der Waals surface area contributed by atoms with Crippen LogP contribution in [0.25, 0.3) is 0 Å². The Morgan fingerprint density at radius 2 is 1.77 bits per heavy atom. The van der Waals surface area contributed by atoms with Crippen molar-refractivity contribution in [2.45, 2.75) is 38.1 Å². The van der Waals surface area contributed by atoms with E-state index >= 15 is 0 Å². The summed E-state index contributed by atoms with van der Waals surface area (Å²) < 4.78 is 0. The number of halogens is 1. The van der Waals surface area contributed by atoms with Crippen LogP contribution in [-0.2, 0) is 4.79 Å². The summed E-state index contributed by atoms with van der Waals surface area (Å²) in [4.78, 5) is 21.1. The molecule has 0 fully saturated rings. The highest BCUT2D eigenvalue weighted by atomic mass is 35.5. The summed E-state index contributed by atoms with van der Waals surface area (Å²) >= 11 is 7.38. The predicted octanol–water partition coefficient (Wildman–Crippen LogP) is 4.17. The molecular formula is C16H18ClN3OS. The topological polar surface area (TPSA) is 54.9 Å². The first-order valence-electron chi connectivity index (χ1n) is 6.92. The fourth-order valence-electron chi connectivity index (χ4n) is 1.80. The number of hydrogen-bond acceptors (Lipinski definition) is 4. The van der Waals surface area contributed by atoms with Crippen LogP contribution in [0.2, 0.25) is 5.02 Å². The Morgan fingerprint density at radius 3 is 2.36 bits per heavy atom. The standard InChI is InChI=1S/C16H18ClN3OS/c1-9-10(2)18-16(19-11(9)3)22-12(4)15(21)20-14-8-6-5-7-13(14)17/h5-8,12H,1-4H3,(H,20,21)/t12-/m1/s1. The molecule has 0 aliphatic carbocycles. The van der Waals surface area contributed by atoms with Crippen LogP contribution in [0.4, 0.5) is 5.69 Å². The van der Waals surface area contributed by atoms with Gasteiger partial charge in [-0.2, -0.15) is 0 Å². The van der Waals surface area contributed by atoms with E-state index in [9.17, 15) is 4.79 Å². The van der Waals surface area contributed by atoms with Gasteiger partial charge < -0.3 is 5.32 Å². The quantitative estimate of drug-likeness (QED) is 0.673. The Labute approximate surface area is 139 Å². The number of rotatable bonds is 4. The maximum atomic E-state index is 12.3. The van der Waals surface area contributed by atoms with Crippen LogP contribution in [-0.4, -0.2) is 21.1 Å². The number of thioether (sulfide) groups is 1. The maximum Gasteiger partial charge on any atom is 0.237 e. The highest BCUT2D eigenvalue weighted by Gasteiger charge is 2.18. The van der Waals surface area contributed by atoms with Crippen LogP contribution >= 0.6 is 23.4 Å². The number of benzene rings is 1. The van der Waals surface area contributed by atoms with Gasteiger partial charge in [-0.1, -0.05) is 35.5 Å². The van der Waals surface area contributed by atoms with Crippen molar-refractivity contribution in [3.63, 3.8) is 0 Å². The third-order valence-corrected chi connectivity index (χ3v) is 4.69. The first-order chi connectivity index (χ1) is 10.4. The lowest BCUT2D eigenvalue weighted by Gasteiger charge is -2.13. The highest BCUT2D eigenvalue weighted by molar-refractivity contribution is 8.00. The molecule has 1 aromatic heterocycles. The molecule has 2 aromatic rings. The zero-order valence-corrected chi connectivity index (χ0v) is 14.5. The third-order valence-electron chi connectivity index (χ3n) is 3.40. The van der Waals surface area contributed by atoms with E-state index in [2.05, 4.69) is 15.3 Å². The molecule has 0 unspecified atom stereocenters. The lowest BCUT2D eigenvalue weighted by Crippen LogP contribution is -2.23. The van der Waals surface area contributed by atoms with Gasteiger partial charge in [0.1, 0.15) is 0 Å². The minimum absolute atomic E-state index is 0.127. The number of anilines is 1. The van der Waals surface area contributed by atoms with E-state index in [1.54, 1.807) is 12.1 Å². The number of hydrogen-bond donors (Lipinski definition) is 1. The van der Waals surface area contributed by atoms with E-state index in [4.69, 9.17) is 11.6 Å². The molecule has 1 heterocycles. The molecule has 0 bridgehead atoms. The summed E-state index contributed by atoms with van der Waals surface area (Å²) in [6.07, 6.45) is 0. The number of nitrogens with zero attached hydrogens (tertiary/aromatic N) is 2. The van der Waals surface area contributed by atoms with Gasteiger partial charge in [0.05, 0.1) is 16.0 Å². The number of aryl methyl sites for hydroxylation is 2. The van der Waals surface area contributed by atoms with Crippen molar-refractivity contribution >= 4 is 35.0 Å². The Morgan fingerprint density at radius 1 is 1.18 bits per heavy atom. The van der Waals surface area contributed by atoms with Crippen LogP contribution in [0.5, 0.6) is 0 Å². The number of para-hydroxylation sites is 1. The summed E-state index contributed by atoms with van der Waals surface area (Å²) in [6, 6.07) is 7.16. The molecule has 6 heteroatoms. The molecule has 0 aliphatic heterocycles. The zero-order valence-electron chi connectivity index (χ0n) is 13.0. The van der Waals surface area contributed by atoms with Gasteiger partial charge >= 0.3 is 0 Å². The summed E-state index contributed by atoms with van der Waals surface area (Å²) in [5.41, 5.74) is 3.57. The van der Waals surface area contributed by atoms with Gasteiger partial charge in [0.2, 0.25) is 5.91 Å². The Kier molecular flexibility index (Phi) is 5.42. The fraction of sp³-hybridized carbons (Fsp3) is 0.312. The minimum Gasteiger partial charge on any atom is -0.324 e. The van der Waals surface area contributed by atoms with Crippen LogP contribution in [0.15, 0.2) is 29.4 Å². The molecule has 4 nitrogen and oxygen atoms in total. The normalized spacial score (nSPS) is 12.0. The highest BCUT2D eigenvalue weighted by Crippen LogP contribution is 2.25. The molecule has 0 aliphatic rings. The number of nitrogens with one attached hydrogen (secondary N) is 1. The van der Waals surface area contributed by atoms with Gasteiger partial charge in [0.15, 0.2) is 5.16 Å². The average Bonchev–Trinajstić information content (AvgIpc) is 2.47. The van der Waals surface area contributed by atoms with Gasteiger partial charge in [0.25, 0.3) is 0 Å². The number of aromatic nitrogens is 2. The lowest BCUT2D eigenvalue weighted by atomic mass is 10.2. The van der Waals surface area contributed by atoms with E-state index in [1.165, 1.54) is 11.8 Å². The molecular weight excluding hydrogens is 318 g/mol. The predicted molar refractivity (Wildman–Crippen MR) is 91.6 cm³/mol. The van der Waals surface area contributed by atoms with Gasteiger partial charge in [0, 0.05) is 11.4 Å². The Balaban J connectivity index is 2.07. The number of amides is 1. The molecule has 2 rings (SSSR count). The third kappa shape index (κ3) is 3.99. The number of carbonyl (C=O) groups excluding carboxylic acids is 1. The molecule has 1 aromatic carbocycles. The monoisotopic (exact) mass is 335 g/mol. The molecule has 1 N–H and O–H groups in total. The smallest absolute Gasteiger partial charge is 0.237 e. The Bertz CT molecular complexity index is 683. The molecule has 0 saturated heterocycles. The van der Waals surface area contributed by atoms with Crippen molar-refractivity contribution in [2.24, 2.45) is 0 Å². The van der Waals surface area contributed by atoms with E-state index in [0.29, 0.717) is 15.9 Å². The van der Waals surface area contributed by atoms with Crippen LogP contribution in [0.3, 0.4) is 0 Å². The van der Waals surface area contributed by atoms with Gasteiger partial charge in [-0.05, 0) is 45.4 Å². The largest absolute Gasteiger partial charge is 0.324 e. The molecule has 1 amide bonds. The maximum absolute atomic E-state index is 12.3. The van der Waals surface area contributed by atoms with Crippen molar-refractivity contribution < 1.29 is 4.79 Å². The molecule has 1 atom stereocenters. The van der Waals surface area contributed by atoms with Crippen molar-refractivity contribution in [3.05, 3.63) is 46.2 Å². The minimum atomic E-state index is -0.322. The first-order valence-corrected chi connectivity index (χ1v) is 8.18. The van der Waals surface area contributed by atoms with Crippen molar-refractivity contribution in [1.82, 2.24) is 9.97 Å². The van der Waals surface area contributed by atoms with Crippen molar-refractivity contribution in [2.75, 3.05) is 5.32 Å². The van der Waals surface area contributed by atoms with E-state index < -0.39 is 0 Å². The zero-order chi connectivity index (χ0) is 16.3. The second kappa shape index (κ2) is 7.11. The van der Waals surface area contributed by atoms with E-state index in [1.807, 2.05) is 39.8 Å². The lowest BCUT2D eigenvalue weighted by molar-refractivity contribution is -0.115. The van der Waals surface area contributed by atoms with Gasteiger partial charge in [-0.15, -0.1) is 0 Å². The van der Waals surface area contributed by atoms with Gasteiger partial charge in [-0.3, -0.25) is 4.79 Å². The van der Waals surface area contributed by atoms with Gasteiger partial charge in [-0.25, -0.2) is 9.97 Å². The van der Waals surface area contributed by atoms with E-state index in [0.717, 1.165) is 17.0 Å². The molecule has 0 radical (unpaired) electrons.